The molecular weight excluding hydrogens is 546 g/mol. The third-order valence-corrected chi connectivity index (χ3v) is 7.66. The van der Waals surface area contributed by atoms with Gasteiger partial charge in [-0.15, -0.1) is 0 Å². The molecule has 5 rings (SSSR count). The van der Waals surface area contributed by atoms with E-state index in [2.05, 4.69) is 26.6 Å². The average molecular weight is 582 g/mol. The summed E-state index contributed by atoms with van der Waals surface area (Å²) in [6.45, 7) is 5.24. The molecule has 11 nitrogen and oxygen atoms in total. The van der Waals surface area contributed by atoms with E-state index in [0.29, 0.717) is 60.3 Å². The van der Waals surface area contributed by atoms with Crippen LogP contribution in [-0.2, 0) is 16.0 Å². The number of nitrogens with one attached hydrogen (secondary N) is 1. The van der Waals surface area contributed by atoms with Gasteiger partial charge in [-0.3, -0.25) is 4.79 Å². The van der Waals surface area contributed by atoms with E-state index in [-0.39, 0.29) is 18.9 Å². The van der Waals surface area contributed by atoms with E-state index in [0.717, 1.165) is 24.8 Å². The minimum absolute atomic E-state index is 0.0533. The van der Waals surface area contributed by atoms with Crippen molar-refractivity contribution in [2.24, 2.45) is 15.2 Å². The quantitative estimate of drug-likeness (QED) is 0.140. The van der Waals surface area contributed by atoms with Gasteiger partial charge in [0.05, 0.1) is 6.61 Å². The van der Waals surface area contributed by atoms with E-state index in [4.69, 9.17) is 25.1 Å². The highest BCUT2D eigenvalue weighted by molar-refractivity contribution is 6.01. The summed E-state index contributed by atoms with van der Waals surface area (Å²) in [5.41, 5.74) is 9.07. The smallest absolute Gasteiger partial charge is 0.296 e. The third-order valence-electron chi connectivity index (χ3n) is 7.66. The van der Waals surface area contributed by atoms with Crippen molar-refractivity contribution in [3.8, 4) is 5.75 Å². The molecule has 2 N–H and O–H groups in total. The van der Waals surface area contributed by atoms with Gasteiger partial charge in [0, 0.05) is 48.5 Å². The van der Waals surface area contributed by atoms with Crippen LogP contribution in [0.5, 0.6) is 5.75 Å². The predicted molar refractivity (Wildman–Crippen MR) is 160 cm³/mol. The molecule has 1 fully saturated rings. The number of rotatable bonds is 11. The summed E-state index contributed by atoms with van der Waals surface area (Å²) >= 11 is 0. The fourth-order valence-corrected chi connectivity index (χ4v) is 5.59. The summed E-state index contributed by atoms with van der Waals surface area (Å²) < 4.78 is 12.4. The second kappa shape index (κ2) is 13.8. The molecule has 11 heteroatoms. The molecule has 2 aliphatic rings. The maximum absolute atomic E-state index is 14.8. The summed E-state index contributed by atoms with van der Waals surface area (Å²) in [5.74, 6) is 0.818. The van der Waals surface area contributed by atoms with Crippen molar-refractivity contribution in [3.05, 3.63) is 89.5 Å². The molecule has 0 radical (unpaired) electrons. The lowest BCUT2D eigenvalue weighted by Crippen LogP contribution is -2.53. The Morgan fingerprint density at radius 2 is 1.77 bits per heavy atom. The molecule has 0 unspecified atom stereocenters. The van der Waals surface area contributed by atoms with E-state index in [1.165, 1.54) is 0 Å². The van der Waals surface area contributed by atoms with Gasteiger partial charge in [0.1, 0.15) is 16.4 Å². The number of aliphatic hydroxyl groups excluding tert-OH is 1. The Labute approximate surface area is 249 Å². The molecular formula is C32H35N7O4+2. The number of ether oxygens (including phenoxy) is 2. The summed E-state index contributed by atoms with van der Waals surface area (Å²) in [7, 11) is 0. The monoisotopic (exact) mass is 581 g/mol. The molecule has 0 aliphatic carbocycles. The molecule has 3 aromatic rings. The van der Waals surface area contributed by atoms with Crippen molar-refractivity contribution in [2.45, 2.75) is 43.7 Å². The van der Waals surface area contributed by atoms with Gasteiger partial charge >= 0.3 is 0 Å². The zero-order chi connectivity index (χ0) is 30.1. The van der Waals surface area contributed by atoms with Crippen LogP contribution in [0.15, 0.2) is 88.0 Å². The number of amides is 1. The topological polar surface area (TPSA) is 148 Å². The van der Waals surface area contributed by atoms with Crippen molar-refractivity contribution in [1.29, 1.82) is 5.53 Å². The standard InChI is InChI=1S/C32H35N7O4/c1-34-36-27-12-5-3-10-24(27)22-32(31(41)39-18-7-2-8-19-39)29(26-11-4-6-13-28(26)37-38-33)43-30(35-32)23-14-16-25(17-15-23)42-21-9-20-40/h3-6,10-17,29,33,40H,1-2,7-9,18-22H2/q+2/t29-,32-/m1/s1. The summed E-state index contributed by atoms with van der Waals surface area (Å²) in [6.07, 6.45) is 2.74. The van der Waals surface area contributed by atoms with Gasteiger partial charge in [0.2, 0.25) is 10.8 Å². The maximum Gasteiger partial charge on any atom is 0.296 e. The molecule has 2 atom stereocenters. The highest BCUT2D eigenvalue weighted by Crippen LogP contribution is 2.47. The maximum atomic E-state index is 14.8. The molecule has 220 valence electrons. The van der Waals surface area contributed by atoms with Crippen LogP contribution < -0.4 is 9.65 Å². The number of likely N-dealkylation sites (tertiary alicyclic amines) is 1. The molecule has 2 heterocycles. The number of hydrogen-bond acceptors (Lipinski definition) is 8. The fraction of sp³-hybridized carbons (Fsp3) is 0.344. The van der Waals surface area contributed by atoms with Crippen LogP contribution in [0.2, 0.25) is 0 Å². The lowest BCUT2D eigenvalue weighted by atomic mass is 9.80. The number of benzene rings is 3. The Balaban J connectivity index is 1.67. The first-order valence-corrected chi connectivity index (χ1v) is 14.4. The van der Waals surface area contributed by atoms with E-state index in [1.54, 1.807) is 12.1 Å². The van der Waals surface area contributed by atoms with E-state index in [9.17, 15) is 4.79 Å². The molecule has 1 amide bonds. The molecule has 43 heavy (non-hydrogen) atoms. The Hall–Kier alpha value is -4.95. The molecule has 0 aromatic heterocycles. The summed E-state index contributed by atoms with van der Waals surface area (Å²) in [4.78, 5) is 28.8. The van der Waals surface area contributed by atoms with Crippen LogP contribution in [0.4, 0.5) is 11.4 Å². The summed E-state index contributed by atoms with van der Waals surface area (Å²) in [6, 6.07) is 22.0. The van der Waals surface area contributed by atoms with Crippen molar-refractivity contribution in [2.75, 3.05) is 26.3 Å². The molecule has 2 aliphatic heterocycles. The van der Waals surface area contributed by atoms with Crippen LogP contribution in [0.3, 0.4) is 0 Å². The van der Waals surface area contributed by atoms with E-state index >= 15 is 0 Å². The van der Waals surface area contributed by atoms with Crippen molar-refractivity contribution >= 4 is 29.9 Å². The number of hydrogen-bond donors (Lipinski definition) is 2. The zero-order valence-corrected chi connectivity index (χ0v) is 23.9. The van der Waals surface area contributed by atoms with Crippen molar-refractivity contribution < 1.29 is 24.2 Å². The lowest BCUT2D eigenvalue weighted by molar-refractivity contribution is -0.140. The zero-order valence-electron chi connectivity index (χ0n) is 23.9. The molecule has 3 aromatic carbocycles. The number of carbonyl (C=O) groups is 1. The second-order valence-corrected chi connectivity index (χ2v) is 10.4. The third kappa shape index (κ3) is 6.44. The van der Waals surface area contributed by atoms with Crippen LogP contribution in [0.1, 0.15) is 48.5 Å². The van der Waals surface area contributed by atoms with Crippen molar-refractivity contribution in [3.63, 3.8) is 0 Å². The number of piperidine rings is 1. The molecule has 0 spiro atoms. The van der Waals surface area contributed by atoms with Crippen LogP contribution >= 0.6 is 0 Å². The van der Waals surface area contributed by atoms with Gasteiger partial charge < -0.3 is 19.5 Å². The average Bonchev–Trinajstić information content (AvgIpc) is 3.43. The van der Waals surface area contributed by atoms with Gasteiger partial charge in [-0.1, -0.05) is 36.4 Å². The van der Waals surface area contributed by atoms with Crippen LogP contribution in [-0.4, -0.2) is 65.2 Å². The predicted octanol–water partition coefficient (Wildman–Crippen LogP) is 5.13. The highest BCUT2D eigenvalue weighted by Gasteiger charge is 2.56. The van der Waals surface area contributed by atoms with Gasteiger partial charge in [-0.2, -0.15) is 0 Å². The number of carbonyl (C=O) groups excluding carboxylic acids is 1. The normalized spacial score (nSPS) is 19.4. The largest absolute Gasteiger partial charge is 0.494 e. The second-order valence-electron chi connectivity index (χ2n) is 10.4. The first-order chi connectivity index (χ1) is 21.1. The first-order valence-electron chi connectivity index (χ1n) is 14.4. The van der Waals surface area contributed by atoms with Crippen molar-refractivity contribution in [1.82, 2.24) is 9.81 Å². The first kappa shape index (κ1) is 29.5. The Morgan fingerprint density at radius 1 is 1.05 bits per heavy atom. The van der Waals surface area contributed by atoms with Gasteiger partial charge in [0.25, 0.3) is 12.6 Å². The Kier molecular flexibility index (Phi) is 9.49. The Bertz CT molecular complexity index is 1570. The number of aliphatic imine (C=N–C) groups is 1. The molecule has 0 bridgehead atoms. The minimum atomic E-state index is -1.41. The number of nitrogens with zero attached hydrogens (tertiary/aromatic N) is 6. The van der Waals surface area contributed by atoms with E-state index < -0.39 is 11.6 Å². The lowest BCUT2D eigenvalue weighted by Gasteiger charge is -2.37. The molecule has 1 saturated heterocycles. The SMILES string of the molecule is C=[N+]=Nc1ccccc1C[C@@]1(C(=O)N2CCCCC2)N=C(c2ccc(OCCCO)cc2)O[C@@H]1c1ccccc1N=[N+]=N. The number of aliphatic hydroxyl groups is 1. The fourth-order valence-electron chi connectivity index (χ4n) is 5.59. The minimum Gasteiger partial charge on any atom is -0.494 e. The van der Waals surface area contributed by atoms with Gasteiger partial charge in [-0.25, -0.2) is 4.99 Å². The Morgan fingerprint density at radius 3 is 2.49 bits per heavy atom. The highest BCUT2D eigenvalue weighted by atomic mass is 16.5. The van der Waals surface area contributed by atoms with Gasteiger partial charge in [-0.05, 0) is 61.2 Å². The van der Waals surface area contributed by atoms with Crippen LogP contribution in [0, 0.1) is 5.53 Å². The van der Waals surface area contributed by atoms with Crippen LogP contribution in [0.25, 0.3) is 0 Å². The summed E-state index contributed by atoms with van der Waals surface area (Å²) in [5, 5.41) is 17.3. The van der Waals surface area contributed by atoms with Gasteiger partial charge in [0.15, 0.2) is 28.1 Å². The molecule has 0 saturated carbocycles. The van der Waals surface area contributed by atoms with E-state index in [1.807, 2.05) is 65.6 Å².